The maximum Gasteiger partial charge on any atom is 0.225 e. The van der Waals surface area contributed by atoms with Crippen LogP contribution < -0.4 is 10.1 Å². The topological polar surface area (TPSA) is 58.6 Å². The van der Waals surface area contributed by atoms with E-state index >= 15 is 0 Å². The number of rotatable bonds is 6. The second-order valence-corrected chi connectivity index (χ2v) is 7.16. The van der Waals surface area contributed by atoms with Crippen LogP contribution in [0.15, 0.2) is 91.0 Å². The highest BCUT2D eigenvalue weighted by molar-refractivity contribution is 5.89. The van der Waals surface area contributed by atoms with Gasteiger partial charge in [-0.25, -0.2) is 0 Å². The van der Waals surface area contributed by atoms with Crippen molar-refractivity contribution in [1.82, 2.24) is 5.32 Å². The Kier molecular flexibility index (Phi) is 5.66. The van der Waals surface area contributed by atoms with Crippen molar-refractivity contribution in [3.05, 3.63) is 108 Å². The van der Waals surface area contributed by atoms with Gasteiger partial charge >= 0.3 is 0 Å². The van der Waals surface area contributed by atoms with Gasteiger partial charge in [-0.3, -0.25) is 4.79 Å². The Labute approximate surface area is 175 Å². The summed E-state index contributed by atoms with van der Waals surface area (Å²) in [6, 6.07) is 28.1. The number of amides is 1. The number of ether oxygens (including phenoxy) is 1. The molecule has 0 fully saturated rings. The van der Waals surface area contributed by atoms with Crippen molar-refractivity contribution in [3.8, 4) is 11.5 Å². The summed E-state index contributed by atoms with van der Waals surface area (Å²) in [6.45, 7) is 0. The van der Waals surface area contributed by atoms with Crippen molar-refractivity contribution < 1.29 is 14.6 Å². The van der Waals surface area contributed by atoms with E-state index in [0.717, 1.165) is 27.6 Å². The van der Waals surface area contributed by atoms with Crippen LogP contribution in [0.25, 0.3) is 10.8 Å². The molecule has 4 rings (SSSR count). The zero-order valence-corrected chi connectivity index (χ0v) is 16.7. The van der Waals surface area contributed by atoms with E-state index in [-0.39, 0.29) is 18.1 Å². The molecule has 0 aliphatic carbocycles. The minimum absolute atomic E-state index is 0.116. The van der Waals surface area contributed by atoms with Crippen LogP contribution in [0.2, 0.25) is 0 Å². The van der Waals surface area contributed by atoms with Gasteiger partial charge in [-0.15, -0.1) is 0 Å². The number of nitrogens with one attached hydrogen (secondary N) is 1. The monoisotopic (exact) mass is 397 g/mol. The largest absolute Gasteiger partial charge is 0.508 e. The molecule has 0 heterocycles. The van der Waals surface area contributed by atoms with Gasteiger partial charge in [-0.1, -0.05) is 72.8 Å². The molecule has 4 nitrogen and oxygen atoms in total. The lowest BCUT2D eigenvalue weighted by Crippen LogP contribution is -2.30. The maximum atomic E-state index is 12.9. The summed E-state index contributed by atoms with van der Waals surface area (Å²) in [5.41, 5.74) is 2.48. The number of hydrogen-bond acceptors (Lipinski definition) is 3. The summed E-state index contributed by atoms with van der Waals surface area (Å²) in [7, 11) is 1.62. The summed E-state index contributed by atoms with van der Waals surface area (Å²) >= 11 is 0. The fraction of sp³-hybridized carbons (Fsp3) is 0.115. The van der Waals surface area contributed by atoms with Gasteiger partial charge < -0.3 is 15.2 Å². The molecule has 4 heteroatoms. The molecule has 0 bridgehead atoms. The van der Waals surface area contributed by atoms with E-state index in [1.807, 2.05) is 84.9 Å². The summed E-state index contributed by atoms with van der Waals surface area (Å²) in [5.74, 6) is 0.763. The van der Waals surface area contributed by atoms with E-state index in [1.165, 1.54) is 0 Å². The Balaban J connectivity index is 1.76. The average Bonchev–Trinajstić information content (AvgIpc) is 2.78. The van der Waals surface area contributed by atoms with Gasteiger partial charge in [0.15, 0.2) is 0 Å². The zero-order chi connectivity index (χ0) is 20.9. The van der Waals surface area contributed by atoms with E-state index in [2.05, 4.69) is 5.32 Å². The number of hydrogen-bond donors (Lipinski definition) is 2. The summed E-state index contributed by atoms with van der Waals surface area (Å²) in [4.78, 5) is 12.9. The van der Waals surface area contributed by atoms with Crippen molar-refractivity contribution in [2.24, 2.45) is 0 Å². The number of carbonyl (C=O) groups excluding carboxylic acids is 1. The zero-order valence-electron chi connectivity index (χ0n) is 16.7. The molecule has 150 valence electrons. The standard InChI is InChI=1S/C26H23NO3/c1-30-21-14-11-20(12-15-21)26(27-24(29)17-18-7-3-2-4-8-18)25-22-10-6-5-9-19(22)13-16-23(25)28/h2-16,26,28H,17H2,1H3,(H,27,29)/t26-/m0/s1. The van der Waals surface area contributed by atoms with Crippen molar-refractivity contribution in [2.75, 3.05) is 7.11 Å². The van der Waals surface area contributed by atoms with Crippen LogP contribution in [0.4, 0.5) is 0 Å². The van der Waals surface area contributed by atoms with Gasteiger partial charge in [0, 0.05) is 5.56 Å². The van der Waals surface area contributed by atoms with Crippen LogP contribution in [-0.4, -0.2) is 18.1 Å². The van der Waals surface area contributed by atoms with E-state index < -0.39 is 6.04 Å². The Hall–Kier alpha value is -3.79. The van der Waals surface area contributed by atoms with Gasteiger partial charge in [0.1, 0.15) is 11.5 Å². The summed E-state index contributed by atoms with van der Waals surface area (Å²) in [6.07, 6.45) is 0.263. The molecule has 0 saturated carbocycles. The number of aromatic hydroxyl groups is 1. The molecule has 0 aromatic heterocycles. The van der Waals surface area contributed by atoms with Crippen LogP contribution in [0.3, 0.4) is 0 Å². The maximum absolute atomic E-state index is 12.9. The second kappa shape index (κ2) is 8.70. The first-order valence-electron chi connectivity index (χ1n) is 9.83. The van der Waals surface area contributed by atoms with Gasteiger partial charge in [-0.2, -0.15) is 0 Å². The van der Waals surface area contributed by atoms with Gasteiger partial charge in [-0.05, 0) is 40.1 Å². The number of phenols is 1. The lowest BCUT2D eigenvalue weighted by atomic mass is 9.92. The lowest BCUT2D eigenvalue weighted by molar-refractivity contribution is -0.120. The Morgan fingerprint density at radius 1 is 0.900 bits per heavy atom. The first kappa shape index (κ1) is 19.5. The predicted octanol–water partition coefficient (Wildman–Crippen LogP) is 5.00. The second-order valence-electron chi connectivity index (χ2n) is 7.16. The predicted molar refractivity (Wildman–Crippen MR) is 119 cm³/mol. The molecular weight excluding hydrogens is 374 g/mol. The molecule has 0 aliphatic rings. The third-order valence-electron chi connectivity index (χ3n) is 5.20. The number of carbonyl (C=O) groups is 1. The number of methoxy groups -OCH3 is 1. The van der Waals surface area contributed by atoms with Crippen LogP contribution in [0.1, 0.15) is 22.7 Å². The Bertz CT molecular complexity index is 1150. The van der Waals surface area contributed by atoms with Crippen LogP contribution in [-0.2, 0) is 11.2 Å². The van der Waals surface area contributed by atoms with Crippen LogP contribution >= 0.6 is 0 Å². The molecule has 30 heavy (non-hydrogen) atoms. The molecule has 0 radical (unpaired) electrons. The van der Waals surface area contributed by atoms with Crippen molar-refractivity contribution in [2.45, 2.75) is 12.5 Å². The molecule has 0 unspecified atom stereocenters. The minimum atomic E-state index is -0.502. The molecule has 0 saturated heterocycles. The molecular formula is C26H23NO3. The first-order chi connectivity index (χ1) is 14.7. The highest BCUT2D eigenvalue weighted by atomic mass is 16.5. The molecule has 4 aromatic carbocycles. The molecule has 1 atom stereocenters. The number of phenolic OH excluding ortho intramolecular Hbond substituents is 1. The molecule has 0 aliphatic heterocycles. The highest BCUT2D eigenvalue weighted by Gasteiger charge is 2.22. The minimum Gasteiger partial charge on any atom is -0.508 e. The lowest BCUT2D eigenvalue weighted by Gasteiger charge is -2.23. The third kappa shape index (κ3) is 4.13. The van der Waals surface area contributed by atoms with Crippen molar-refractivity contribution in [3.63, 3.8) is 0 Å². The fourth-order valence-electron chi connectivity index (χ4n) is 3.70. The van der Waals surface area contributed by atoms with E-state index in [0.29, 0.717) is 5.56 Å². The Morgan fingerprint density at radius 3 is 2.33 bits per heavy atom. The van der Waals surface area contributed by atoms with E-state index in [9.17, 15) is 9.90 Å². The van der Waals surface area contributed by atoms with Gasteiger partial charge in [0.25, 0.3) is 0 Å². The van der Waals surface area contributed by atoms with Gasteiger partial charge in [0.05, 0.1) is 19.6 Å². The summed E-state index contributed by atoms with van der Waals surface area (Å²) < 4.78 is 5.27. The quantitative estimate of drug-likeness (QED) is 0.481. The first-order valence-corrected chi connectivity index (χ1v) is 9.83. The van der Waals surface area contributed by atoms with E-state index in [4.69, 9.17) is 4.74 Å². The molecule has 4 aromatic rings. The normalized spacial score (nSPS) is 11.8. The Morgan fingerprint density at radius 2 is 1.60 bits per heavy atom. The molecule has 2 N–H and O–H groups in total. The summed E-state index contributed by atoms with van der Waals surface area (Å²) in [5, 5.41) is 15.8. The van der Waals surface area contributed by atoms with Crippen molar-refractivity contribution in [1.29, 1.82) is 0 Å². The van der Waals surface area contributed by atoms with Crippen LogP contribution in [0, 0.1) is 0 Å². The fourth-order valence-corrected chi connectivity index (χ4v) is 3.70. The molecule has 1 amide bonds. The van der Waals surface area contributed by atoms with Crippen molar-refractivity contribution >= 4 is 16.7 Å². The molecule has 0 spiro atoms. The average molecular weight is 397 g/mol. The van der Waals surface area contributed by atoms with E-state index in [1.54, 1.807) is 13.2 Å². The number of benzene rings is 4. The van der Waals surface area contributed by atoms with Gasteiger partial charge in [0.2, 0.25) is 5.91 Å². The third-order valence-corrected chi connectivity index (χ3v) is 5.20. The highest BCUT2D eigenvalue weighted by Crippen LogP contribution is 2.36. The SMILES string of the molecule is COc1ccc([C@H](NC(=O)Cc2ccccc2)c2c(O)ccc3ccccc23)cc1. The number of fused-ring (bicyclic) bond motifs is 1. The van der Waals surface area contributed by atoms with Crippen LogP contribution in [0.5, 0.6) is 11.5 Å². The smallest absolute Gasteiger partial charge is 0.225 e.